The van der Waals surface area contributed by atoms with Gasteiger partial charge >= 0.3 is 0 Å². The van der Waals surface area contributed by atoms with Crippen LogP contribution in [0, 0.1) is 0 Å². The SMILES string of the molecule is COC(CNC(=O)c1cc(-c2ccco2)on1)c1ccco1. The predicted octanol–water partition coefficient (Wildman–Crippen LogP) is 2.65. The van der Waals surface area contributed by atoms with Crippen LogP contribution in [0.25, 0.3) is 11.5 Å². The van der Waals surface area contributed by atoms with Gasteiger partial charge in [0, 0.05) is 13.2 Å². The van der Waals surface area contributed by atoms with Gasteiger partial charge in [0.2, 0.25) is 5.76 Å². The molecule has 114 valence electrons. The van der Waals surface area contributed by atoms with Crippen LogP contribution in [-0.4, -0.2) is 24.7 Å². The van der Waals surface area contributed by atoms with Crippen LogP contribution in [0.5, 0.6) is 0 Å². The summed E-state index contributed by atoms with van der Waals surface area (Å²) in [5, 5.41) is 6.45. The van der Waals surface area contributed by atoms with Gasteiger partial charge in [0.25, 0.3) is 5.91 Å². The number of carbonyl (C=O) groups excluding carboxylic acids is 1. The fourth-order valence-corrected chi connectivity index (χ4v) is 1.97. The smallest absolute Gasteiger partial charge is 0.273 e. The normalized spacial score (nSPS) is 12.2. The van der Waals surface area contributed by atoms with Crippen molar-refractivity contribution in [1.82, 2.24) is 10.5 Å². The predicted molar refractivity (Wildman–Crippen MR) is 75.0 cm³/mol. The summed E-state index contributed by atoms with van der Waals surface area (Å²) in [5.41, 5.74) is 0.167. The Labute approximate surface area is 125 Å². The number of carbonyl (C=O) groups is 1. The first kappa shape index (κ1) is 14.2. The highest BCUT2D eigenvalue weighted by Gasteiger charge is 2.18. The van der Waals surface area contributed by atoms with Gasteiger partial charge in [-0.25, -0.2) is 0 Å². The number of rotatable bonds is 6. The Kier molecular flexibility index (Phi) is 4.06. The maximum atomic E-state index is 12.1. The molecule has 7 nitrogen and oxygen atoms in total. The van der Waals surface area contributed by atoms with Crippen molar-refractivity contribution < 1.29 is 22.9 Å². The summed E-state index contributed by atoms with van der Waals surface area (Å²) in [5.74, 6) is 1.18. The highest BCUT2D eigenvalue weighted by atomic mass is 16.5. The van der Waals surface area contributed by atoms with E-state index in [1.54, 1.807) is 37.6 Å². The summed E-state index contributed by atoms with van der Waals surface area (Å²) >= 11 is 0. The van der Waals surface area contributed by atoms with Gasteiger partial charge in [0.15, 0.2) is 11.5 Å². The van der Waals surface area contributed by atoms with Crippen molar-refractivity contribution in [2.45, 2.75) is 6.10 Å². The van der Waals surface area contributed by atoms with Crippen LogP contribution in [0.1, 0.15) is 22.4 Å². The number of hydrogen-bond donors (Lipinski definition) is 1. The van der Waals surface area contributed by atoms with Crippen molar-refractivity contribution in [3.63, 3.8) is 0 Å². The molecule has 0 aliphatic rings. The molecule has 0 aromatic carbocycles. The van der Waals surface area contributed by atoms with Crippen LogP contribution < -0.4 is 5.32 Å². The van der Waals surface area contributed by atoms with Crippen molar-refractivity contribution in [1.29, 1.82) is 0 Å². The molecule has 3 aromatic heterocycles. The van der Waals surface area contributed by atoms with Crippen molar-refractivity contribution in [2.24, 2.45) is 0 Å². The van der Waals surface area contributed by atoms with E-state index < -0.39 is 0 Å². The zero-order valence-corrected chi connectivity index (χ0v) is 11.8. The van der Waals surface area contributed by atoms with Crippen LogP contribution in [0.3, 0.4) is 0 Å². The number of furan rings is 2. The fraction of sp³-hybridized carbons (Fsp3) is 0.200. The molecule has 0 aliphatic carbocycles. The number of methoxy groups -OCH3 is 1. The minimum Gasteiger partial charge on any atom is -0.467 e. The molecule has 3 aromatic rings. The van der Waals surface area contributed by atoms with Gasteiger partial charge in [0.05, 0.1) is 19.1 Å². The fourth-order valence-electron chi connectivity index (χ4n) is 1.97. The van der Waals surface area contributed by atoms with E-state index in [-0.39, 0.29) is 24.2 Å². The molecular weight excluding hydrogens is 288 g/mol. The summed E-state index contributed by atoms with van der Waals surface area (Å²) in [6.45, 7) is 0.256. The van der Waals surface area contributed by atoms with E-state index in [0.29, 0.717) is 17.3 Å². The second-order valence-corrected chi connectivity index (χ2v) is 4.50. The van der Waals surface area contributed by atoms with Gasteiger partial charge in [-0.3, -0.25) is 4.79 Å². The summed E-state index contributed by atoms with van der Waals surface area (Å²) in [4.78, 5) is 12.1. The van der Waals surface area contributed by atoms with Gasteiger partial charge in [-0.1, -0.05) is 5.16 Å². The number of nitrogens with zero attached hydrogens (tertiary/aromatic N) is 1. The first-order chi connectivity index (χ1) is 10.8. The molecule has 7 heteroatoms. The first-order valence-electron chi connectivity index (χ1n) is 6.63. The van der Waals surface area contributed by atoms with E-state index in [1.165, 1.54) is 12.3 Å². The lowest BCUT2D eigenvalue weighted by atomic mass is 10.2. The Morgan fingerprint density at radius 3 is 2.77 bits per heavy atom. The van der Waals surface area contributed by atoms with Crippen molar-refractivity contribution in [3.8, 4) is 11.5 Å². The molecule has 1 N–H and O–H groups in total. The molecule has 0 saturated heterocycles. The highest BCUT2D eigenvalue weighted by molar-refractivity contribution is 5.92. The summed E-state index contributed by atoms with van der Waals surface area (Å²) in [7, 11) is 1.55. The lowest BCUT2D eigenvalue weighted by Gasteiger charge is -2.12. The third-order valence-electron chi connectivity index (χ3n) is 3.10. The topological polar surface area (TPSA) is 90.6 Å². The number of amides is 1. The van der Waals surface area contributed by atoms with Crippen LogP contribution >= 0.6 is 0 Å². The van der Waals surface area contributed by atoms with Gasteiger partial charge in [-0.2, -0.15) is 0 Å². The van der Waals surface area contributed by atoms with Gasteiger partial charge in [-0.15, -0.1) is 0 Å². The minimum atomic E-state index is -0.366. The molecule has 3 rings (SSSR count). The number of nitrogens with one attached hydrogen (secondary N) is 1. The van der Waals surface area contributed by atoms with Crippen LogP contribution in [-0.2, 0) is 4.74 Å². The quantitative estimate of drug-likeness (QED) is 0.752. The van der Waals surface area contributed by atoms with E-state index in [0.717, 1.165) is 0 Å². The van der Waals surface area contributed by atoms with Crippen molar-refractivity contribution in [3.05, 3.63) is 54.3 Å². The molecule has 0 fully saturated rings. The van der Waals surface area contributed by atoms with Gasteiger partial charge in [-0.05, 0) is 24.3 Å². The largest absolute Gasteiger partial charge is 0.467 e. The standard InChI is InChI=1S/C15H14N2O5/c1-19-14(12-5-3-7-21-12)9-16-15(18)10-8-13(22-17-10)11-4-2-6-20-11/h2-8,14H,9H2,1H3,(H,16,18). The molecule has 0 aliphatic heterocycles. The lowest BCUT2D eigenvalue weighted by molar-refractivity contribution is 0.0734. The number of aromatic nitrogens is 1. The summed E-state index contributed by atoms with van der Waals surface area (Å²) in [6.07, 6.45) is 2.70. The molecule has 0 spiro atoms. The van der Waals surface area contributed by atoms with E-state index in [4.69, 9.17) is 18.1 Å². The zero-order valence-electron chi connectivity index (χ0n) is 11.8. The molecule has 3 heterocycles. The van der Waals surface area contributed by atoms with Crippen molar-refractivity contribution >= 4 is 5.91 Å². The van der Waals surface area contributed by atoms with Gasteiger partial charge < -0.3 is 23.4 Å². The Bertz CT molecular complexity index is 715. The van der Waals surface area contributed by atoms with Gasteiger partial charge in [0.1, 0.15) is 11.9 Å². The second kappa shape index (κ2) is 6.31. The van der Waals surface area contributed by atoms with E-state index in [2.05, 4.69) is 10.5 Å². The highest BCUT2D eigenvalue weighted by Crippen LogP contribution is 2.21. The summed E-state index contributed by atoms with van der Waals surface area (Å²) < 4.78 is 20.8. The third-order valence-corrected chi connectivity index (χ3v) is 3.10. The maximum absolute atomic E-state index is 12.1. The maximum Gasteiger partial charge on any atom is 0.273 e. The second-order valence-electron chi connectivity index (χ2n) is 4.50. The van der Waals surface area contributed by atoms with Crippen LogP contribution in [0.15, 0.2) is 56.2 Å². The molecular formula is C15H14N2O5. The number of ether oxygens (including phenoxy) is 1. The Morgan fingerprint density at radius 1 is 1.27 bits per heavy atom. The Balaban J connectivity index is 1.62. The Hall–Kier alpha value is -2.80. The van der Waals surface area contributed by atoms with Crippen LogP contribution in [0.4, 0.5) is 0 Å². The van der Waals surface area contributed by atoms with E-state index >= 15 is 0 Å². The molecule has 0 bridgehead atoms. The zero-order chi connectivity index (χ0) is 15.4. The molecule has 1 unspecified atom stereocenters. The molecule has 0 saturated carbocycles. The first-order valence-corrected chi connectivity index (χ1v) is 6.63. The minimum absolute atomic E-state index is 0.167. The molecule has 0 radical (unpaired) electrons. The van der Waals surface area contributed by atoms with Crippen molar-refractivity contribution in [2.75, 3.05) is 13.7 Å². The Morgan fingerprint density at radius 2 is 2.09 bits per heavy atom. The van der Waals surface area contributed by atoms with Crippen LogP contribution in [0.2, 0.25) is 0 Å². The number of hydrogen-bond acceptors (Lipinski definition) is 6. The molecule has 1 amide bonds. The summed E-state index contributed by atoms with van der Waals surface area (Å²) in [6, 6.07) is 8.51. The average Bonchev–Trinajstić information content (AvgIpc) is 3.27. The average molecular weight is 302 g/mol. The monoisotopic (exact) mass is 302 g/mol. The molecule has 22 heavy (non-hydrogen) atoms. The third kappa shape index (κ3) is 2.94. The molecule has 1 atom stereocenters. The van der Waals surface area contributed by atoms with E-state index in [1.807, 2.05) is 0 Å². The lowest BCUT2D eigenvalue weighted by Crippen LogP contribution is -2.29. The van der Waals surface area contributed by atoms with E-state index in [9.17, 15) is 4.79 Å².